The fraction of sp³-hybridized carbons (Fsp3) is 0.409. The van der Waals surface area contributed by atoms with Crippen molar-refractivity contribution in [2.24, 2.45) is 7.05 Å². The molecule has 0 saturated heterocycles. The number of anilines is 1. The molecule has 2 aromatic rings. The van der Waals surface area contributed by atoms with E-state index in [1.54, 1.807) is 41.7 Å². The van der Waals surface area contributed by atoms with E-state index in [-0.39, 0.29) is 18.1 Å². The molecule has 0 radical (unpaired) electrons. The number of hydrogen-bond acceptors (Lipinski definition) is 4. The molecule has 0 bridgehead atoms. The van der Waals surface area contributed by atoms with Gasteiger partial charge in [-0.05, 0) is 63.9 Å². The van der Waals surface area contributed by atoms with Crippen LogP contribution in [-0.2, 0) is 16.6 Å². The molecule has 8 heteroatoms. The first kappa shape index (κ1) is 23.3. The highest BCUT2D eigenvalue weighted by Crippen LogP contribution is 2.24. The van der Waals surface area contributed by atoms with Crippen molar-refractivity contribution in [3.8, 4) is 0 Å². The third-order valence-corrected chi connectivity index (χ3v) is 4.95. The normalized spacial score (nSPS) is 11.3. The van der Waals surface area contributed by atoms with Gasteiger partial charge in [-0.2, -0.15) is 0 Å². The Kier molecular flexibility index (Phi) is 6.82. The number of ketones is 1. The van der Waals surface area contributed by atoms with E-state index in [0.29, 0.717) is 28.1 Å². The summed E-state index contributed by atoms with van der Waals surface area (Å²) in [5.74, 6) is -2.32. The van der Waals surface area contributed by atoms with Crippen LogP contribution in [0.3, 0.4) is 0 Å². The lowest BCUT2D eigenvalue weighted by atomic mass is 10.0. The molecule has 30 heavy (non-hydrogen) atoms. The molecule has 7 nitrogen and oxygen atoms in total. The maximum absolute atomic E-state index is 13.5. The van der Waals surface area contributed by atoms with Gasteiger partial charge < -0.3 is 19.9 Å². The first-order valence-corrected chi connectivity index (χ1v) is 9.48. The lowest BCUT2D eigenvalue weighted by Crippen LogP contribution is -2.49. The van der Waals surface area contributed by atoms with E-state index in [1.807, 2.05) is 0 Å². The third kappa shape index (κ3) is 4.76. The molecular weight excluding hydrogens is 389 g/mol. The Hall–Kier alpha value is -3.00. The minimum atomic E-state index is -0.776. The smallest absolute Gasteiger partial charge is 0.294 e. The molecule has 0 saturated carbocycles. The Morgan fingerprint density at radius 2 is 1.80 bits per heavy atom. The fourth-order valence-corrected chi connectivity index (χ4v) is 3.42. The molecule has 0 aliphatic rings. The van der Waals surface area contributed by atoms with Gasteiger partial charge in [0, 0.05) is 25.5 Å². The van der Waals surface area contributed by atoms with Gasteiger partial charge >= 0.3 is 0 Å². The van der Waals surface area contributed by atoms with Crippen LogP contribution in [0.1, 0.15) is 51.5 Å². The van der Waals surface area contributed by atoms with Crippen LogP contribution in [0.4, 0.5) is 10.1 Å². The van der Waals surface area contributed by atoms with Gasteiger partial charge in [-0.1, -0.05) is 0 Å². The van der Waals surface area contributed by atoms with Gasteiger partial charge in [0.1, 0.15) is 5.82 Å². The number of Topliss-reactive ketones (excluding diaryl/α,β-unsaturated/α-hetero) is 1. The van der Waals surface area contributed by atoms with Gasteiger partial charge in [0.25, 0.3) is 17.6 Å². The quantitative estimate of drug-likeness (QED) is 0.535. The summed E-state index contributed by atoms with van der Waals surface area (Å²) in [5, 5.41) is 5.38. The van der Waals surface area contributed by atoms with E-state index in [2.05, 4.69) is 10.6 Å². The van der Waals surface area contributed by atoms with E-state index in [4.69, 9.17) is 4.74 Å². The molecule has 1 aromatic heterocycles. The molecule has 2 rings (SSSR count). The topological polar surface area (TPSA) is 89.4 Å². The summed E-state index contributed by atoms with van der Waals surface area (Å²) in [6, 6.07) is 4.26. The predicted octanol–water partition coefficient (Wildman–Crippen LogP) is 3.07. The van der Waals surface area contributed by atoms with Crippen LogP contribution in [0.2, 0.25) is 0 Å². The van der Waals surface area contributed by atoms with Gasteiger partial charge in [-0.3, -0.25) is 14.4 Å². The van der Waals surface area contributed by atoms with Crippen LogP contribution in [0.5, 0.6) is 0 Å². The molecule has 0 aliphatic heterocycles. The van der Waals surface area contributed by atoms with Crippen molar-refractivity contribution in [2.45, 2.75) is 40.2 Å². The van der Waals surface area contributed by atoms with E-state index in [9.17, 15) is 18.8 Å². The van der Waals surface area contributed by atoms with Crippen molar-refractivity contribution >= 4 is 23.3 Å². The fourth-order valence-electron chi connectivity index (χ4n) is 3.42. The number of nitrogens with zero attached hydrogens (tertiary/aromatic N) is 1. The minimum absolute atomic E-state index is 0.138. The molecule has 1 aromatic carbocycles. The van der Waals surface area contributed by atoms with Crippen LogP contribution < -0.4 is 10.6 Å². The van der Waals surface area contributed by atoms with Crippen molar-refractivity contribution in [1.29, 1.82) is 0 Å². The van der Waals surface area contributed by atoms with Crippen LogP contribution in [-0.4, -0.2) is 41.4 Å². The summed E-state index contributed by atoms with van der Waals surface area (Å²) in [5.41, 5.74) is 1.49. The lowest BCUT2D eigenvalue weighted by molar-refractivity contribution is -0.119. The second-order valence-electron chi connectivity index (χ2n) is 8.01. The number of aromatic nitrogens is 1. The van der Waals surface area contributed by atoms with Gasteiger partial charge in [0.15, 0.2) is 0 Å². The van der Waals surface area contributed by atoms with Crippen molar-refractivity contribution in [2.75, 3.05) is 19.0 Å². The standard InChI is InChI=1S/C22H28FN3O4/c1-12-10-15(8-9-16(12)23)24-20(28)17-13(2)18(26(6)14(17)3)19(27)21(29)25-22(4,5)11-30-7/h8-10H,11H2,1-7H3,(H,24,28)(H,25,29). The molecule has 162 valence electrons. The number of ether oxygens (including phenoxy) is 1. The highest BCUT2D eigenvalue weighted by molar-refractivity contribution is 6.43. The Balaban J connectivity index is 2.33. The summed E-state index contributed by atoms with van der Waals surface area (Å²) < 4.78 is 20.1. The molecule has 2 amide bonds. The number of benzene rings is 1. The maximum atomic E-state index is 13.5. The number of nitrogens with one attached hydrogen (secondary N) is 2. The Bertz CT molecular complexity index is 1010. The summed E-state index contributed by atoms with van der Waals surface area (Å²) >= 11 is 0. The number of methoxy groups -OCH3 is 1. The zero-order chi connectivity index (χ0) is 22.8. The molecule has 0 atom stereocenters. The SMILES string of the molecule is COCC(C)(C)NC(=O)C(=O)c1c(C)c(C(=O)Nc2ccc(F)c(C)c2)c(C)n1C. The molecule has 0 unspecified atom stereocenters. The van der Waals surface area contributed by atoms with Crippen LogP contribution in [0.15, 0.2) is 18.2 Å². The molecule has 0 fully saturated rings. The average Bonchev–Trinajstić information content (AvgIpc) is 2.86. The Labute approximate surface area is 175 Å². The van der Waals surface area contributed by atoms with Crippen molar-refractivity contribution < 1.29 is 23.5 Å². The van der Waals surface area contributed by atoms with Crippen molar-refractivity contribution in [3.63, 3.8) is 0 Å². The van der Waals surface area contributed by atoms with Gasteiger partial charge in [0.05, 0.1) is 23.4 Å². The lowest BCUT2D eigenvalue weighted by Gasteiger charge is -2.24. The van der Waals surface area contributed by atoms with Gasteiger partial charge in [-0.25, -0.2) is 4.39 Å². The van der Waals surface area contributed by atoms with Gasteiger partial charge in [-0.15, -0.1) is 0 Å². The number of amides is 2. The molecular formula is C22H28FN3O4. The van der Waals surface area contributed by atoms with Crippen LogP contribution in [0, 0.1) is 26.6 Å². The number of halogens is 1. The number of aryl methyl sites for hydroxylation is 1. The van der Waals surface area contributed by atoms with E-state index >= 15 is 0 Å². The summed E-state index contributed by atoms with van der Waals surface area (Å²) in [6.07, 6.45) is 0. The number of hydrogen-bond donors (Lipinski definition) is 2. The van der Waals surface area contributed by atoms with Crippen molar-refractivity contribution in [1.82, 2.24) is 9.88 Å². The molecule has 2 N–H and O–H groups in total. The molecule has 1 heterocycles. The van der Waals surface area contributed by atoms with E-state index in [1.165, 1.54) is 29.9 Å². The number of rotatable bonds is 7. The monoisotopic (exact) mass is 417 g/mol. The average molecular weight is 417 g/mol. The summed E-state index contributed by atoms with van der Waals surface area (Å²) in [7, 11) is 3.13. The highest BCUT2D eigenvalue weighted by Gasteiger charge is 2.31. The number of carbonyl (C=O) groups excluding carboxylic acids is 3. The molecule has 0 spiro atoms. The van der Waals surface area contributed by atoms with Crippen LogP contribution >= 0.6 is 0 Å². The zero-order valence-corrected chi connectivity index (χ0v) is 18.4. The van der Waals surface area contributed by atoms with E-state index in [0.717, 1.165) is 0 Å². The van der Waals surface area contributed by atoms with Gasteiger partial charge in [0.2, 0.25) is 0 Å². The second kappa shape index (κ2) is 8.79. The zero-order valence-electron chi connectivity index (χ0n) is 18.4. The van der Waals surface area contributed by atoms with Crippen molar-refractivity contribution in [3.05, 3.63) is 52.1 Å². The second-order valence-corrected chi connectivity index (χ2v) is 8.01. The first-order chi connectivity index (χ1) is 13.9. The minimum Gasteiger partial charge on any atom is -0.382 e. The largest absolute Gasteiger partial charge is 0.382 e. The Morgan fingerprint density at radius 3 is 2.37 bits per heavy atom. The maximum Gasteiger partial charge on any atom is 0.294 e. The Morgan fingerprint density at radius 1 is 1.17 bits per heavy atom. The third-order valence-electron chi connectivity index (χ3n) is 4.95. The first-order valence-electron chi connectivity index (χ1n) is 9.48. The summed E-state index contributed by atoms with van der Waals surface area (Å²) in [6.45, 7) is 8.65. The molecule has 0 aliphatic carbocycles. The number of carbonyl (C=O) groups is 3. The summed E-state index contributed by atoms with van der Waals surface area (Å²) in [4.78, 5) is 38.3. The highest BCUT2D eigenvalue weighted by atomic mass is 19.1. The van der Waals surface area contributed by atoms with E-state index < -0.39 is 23.1 Å². The predicted molar refractivity (Wildman–Crippen MR) is 112 cm³/mol. The van der Waals surface area contributed by atoms with Crippen LogP contribution in [0.25, 0.3) is 0 Å².